The van der Waals surface area contributed by atoms with Gasteiger partial charge in [-0.05, 0) is 73.2 Å². The van der Waals surface area contributed by atoms with Gasteiger partial charge in [0.25, 0.3) is 0 Å². The Morgan fingerprint density at radius 3 is 2.73 bits per heavy atom. The molecule has 0 spiro atoms. The van der Waals surface area contributed by atoms with Gasteiger partial charge in [-0.25, -0.2) is 17.6 Å². The Bertz CT molecular complexity index is 1790. The highest BCUT2D eigenvalue weighted by molar-refractivity contribution is 6.01. The predicted molar refractivity (Wildman–Crippen MR) is 162 cm³/mol. The Morgan fingerprint density at radius 1 is 1.11 bits per heavy atom. The second kappa shape index (κ2) is 11.2. The van der Waals surface area contributed by atoms with Crippen LogP contribution < -0.4 is 9.64 Å². The average molecular weight is 626 g/mol. The van der Waals surface area contributed by atoms with Gasteiger partial charge in [0, 0.05) is 31.3 Å². The van der Waals surface area contributed by atoms with Crippen LogP contribution in [0.4, 0.5) is 23.4 Å². The zero-order valence-corrected chi connectivity index (χ0v) is 25.0. The monoisotopic (exact) mass is 625 g/mol. The van der Waals surface area contributed by atoms with Crippen LogP contribution in [0.5, 0.6) is 11.8 Å². The first-order chi connectivity index (χ1) is 21.6. The van der Waals surface area contributed by atoms with Crippen molar-refractivity contribution in [2.75, 3.05) is 44.4 Å². The molecule has 3 aliphatic rings. The van der Waals surface area contributed by atoms with Crippen LogP contribution in [0.15, 0.2) is 30.5 Å². The van der Waals surface area contributed by atoms with Gasteiger partial charge < -0.3 is 19.8 Å². The number of halogens is 4. The summed E-state index contributed by atoms with van der Waals surface area (Å²) < 4.78 is 66.1. The van der Waals surface area contributed by atoms with Gasteiger partial charge in [-0.1, -0.05) is 13.0 Å². The smallest absolute Gasteiger partial charge is 0.319 e. The zero-order valence-electron chi connectivity index (χ0n) is 25.0. The number of aromatic hydroxyl groups is 1. The van der Waals surface area contributed by atoms with Crippen LogP contribution in [0.25, 0.3) is 32.9 Å². The number of fused-ring (bicyclic) bond motifs is 3. The summed E-state index contributed by atoms with van der Waals surface area (Å²) in [6, 6.07) is 5.55. The number of piperidine rings is 1. The van der Waals surface area contributed by atoms with Gasteiger partial charge in [-0.3, -0.25) is 9.88 Å². The SMILES string of the molecule is CCc1c(F)ccc2cc(O)cc(-c3ncc4c(N5CCCC(O)(CF)C5)nc(OC[C@@]56CCCN5C[C@H](F)C6)nc4c3F)c12. The third-order valence-corrected chi connectivity index (χ3v) is 9.74. The molecule has 8 nitrogen and oxygen atoms in total. The highest BCUT2D eigenvalue weighted by Crippen LogP contribution is 2.42. The summed E-state index contributed by atoms with van der Waals surface area (Å²) in [5.41, 5.74) is -1.80. The van der Waals surface area contributed by atoms with Crippen LogP contribution in [-0.2, 0) is 6.42 Å². The van der Waals surface area contributed by atoms with E-state index in [9.17, 15) is 23.4 Å². The van der Waals surface area contributed by atoms with Crippen LogP contribution in [0, 0.1) is 11.6 Å². The maximum Gasteiger partial charge on any atom is 0.319 e. The van der Waals surface area contributed by atoms with Gasteiger partial charge in [0.2, 0.25) is 0 Å². The molecule has 0 aliphatic carbocycles. The molecule has 7 rings (SSSR count). The molecule has 0 saturated carbocycles. The minimum Gasteiger partial charge on any atom is -0.508 e. The Hall–Kier alpha value is -3.77. The number of alkyl halides is 2. The Labute approximate surface area is 257 Å². The van der Waals surface area contributed by atoms with Crippen LogP contribution >= 0.6 is 0 Å². The number of nitrogens with zero attached hydrogens (tertiary/aromatic N) is 5. The fourth-order valence-electron chi connectivity index (χ4n) is 7.60. The van der Waals surface area contributed by atoms with E-state index in [0.29, 0.717) is 48.7 Å². The minimum atomic E-state index is -1.59. The Kier molecular flexibility index (Phi) is 7.47. The second-order valence-electron chi connectivity index (χ2n) is 12.7. The van der Waals surface area contributed by atoms with E-state index in [2.05, 4.69) is 19.9 Å². The van der Waals surface area contributed by atoms with Crippen molar-refractivity contribution < 1.29 is 32.5 Å². The van der Waals surface area contributed by atoms with Crippen molar-refractivity contribution in [1.82, 2.24) is 19.9 Å². The van der Waals surface area contributed by atoms with Gasteiger partial charge in [-0.2, -0.15) is 9.97 Å². The summed E-state index contributed by atoms with van der Waals surface area (Å²) in [5.74, 6) is -1.19. The van der Waals surface area contributed by atoms with Crippen LogP contribution in [0.1, 0.15) is 44.6 Å². The highest BCUT2D eigenvalue weighted by Gasteiger charge is 2.49. The van der Waals surface area contributed by atoms with Crippen LogP contribution in [0.3, 0.4) is 0 Å². The number of anilines is 1. The van der Waals surface area contributed by atoms with Crippen molar-refractivity contribution >= 4 is 27.5 Å². The molecular weight excluding hydrogens is 590 g/mol. The lowest BCUT2D eigenvalue weighted by atomic mass is 9.93. The number of rotatable bonds is 7. The first kappa shape index (κ1) is 29.9. The van der Waals surface area contributed by atoms with Crippen molar-refractivity contribution in [3.8, 4) is 23.0 Å². The van der Waals surface area contributed by atoms with Gasteiger partial charge >= 0.3 is 6.01 Å². The third kappa shape index (κ3) is 5.11. The number of ether oxygens (including phenoxy) is 1. The molecule has 238 valence electrons. The van der Waals surface area contributed by atoms with Gasteiger partial charge in [0.1, 0.15) is 53.6 Å². The zero-order chi connectivity index (χ0) is 31.5. The number of hydrogen-bond acceptors (Lipinski definition) is 8. The third-order valence-electron chi connectivity index (χ3n) is 9.74. The van der Waals surface area contributed by atoms with Gasteiger partial charge in [0.05, 0.1) is 17.5 Å². The van der Waals surface area contributed by atoms with Gasteiger partial charge in [-0.15, -0.1) is 0 Å². The molecule has 5 heterocycles. The maximum absolute atomic E-state index is 16.7. The molecule has 4 aromatic rings. The summed E-state index contributed by atoms with van der Waals surface area (Å²) in [4.78, 5) is 17.3. The maximum atomic E-state index is 16.7. The number of aromatic nitrogens is 3. The topological polar surface area (TPSA) is 94.8 Å². The molecule has 45 heavy (non-hydrogen) atoms. The molecule has 3 saturated heterocycles. The van der Waals surface area contributed by atoms with E-state index in [1.807, 2.05) is 0 Å². The number of benzene rings is 2. The molecule has 2 aromatic heterocycles. The van der Waals surface area contributed by atoms with E-state index >= 15 is 4.39 Å². The first-order valence-corrected chi connectivity index (χ1v) is 15.5. The van der Waals surface area contributed by atoms with Crippen molar-refractivity contribution in [1.29, 1.82) is 0 Å². The summed E-state index contributed by atoms with van der Waals surface area (Å²) in [7, 11) is 0. The molecule has 2 aromatic carbocycles. The number of phenols is 1. The van der Waals surface area contributed by atoms with Crippen molar-refractivity contribution in [3.63, 3.8) is 0 Å². The standard InChI is InChI=1S/C33H35F4N5O3/c1-2-22-25(36)6-5-19-11-21(43)12-23(26(19)22)28-27(37)29-24(14-38-28)30(41-9-4-8-33(44,16-34)17-41)40-31(39-29)45-18-32-7-3-10-42(32)15-20(35)13-32/h5-6,11-12,14,20,43-44H,2-4,7-10,13,15-18H2,1H3/t20-,32+,33?/m1/s1. The number of hydrogen-bond donors (Lipinski definition) is 2. The van der Waals surface area contributed by atoms with Crippen LogP contribution in [-0.4, -0.2) is 86.8 Å². The predicted octanol–water partition coefficient (Wildman–Crippen LogP) is 5.65. The molecule has 0 radical (unpaired) electrons. The molecule has 0 bridgehead atoms. The summed E-state index contributed by atoms with van der Waals surface area (Å²) in [6.07, 6.45) is 3.51. The van der Waals surface area contributed by atoms with Gasteiger partial charge in [0.15, 0.2) is 5.82 Å². The molecular formula is C33H35F4N5O3. The number of aliphatic hydroxyl groups is 1. The quantitative estimate of drug-likeness (QED) is 0.255. The summed E-state index contributed by atoms with van der Waals surface area (Å²) >= 11 is 0. The molecule has 0 amide bonds. The number of aryl methyl sites for hydroxylation is 1. The van der Waals surface area contributed by atoms with E-state index in [-0.39, 0.29) is 59.3 Å². The minimum absolute atomic E-state index is 0.0734. The van der Waals surface area contributed by atoms with Crippen molar-refractivity contribution in [3.05, 3.63) is 47.7 Å². The molecule has 12 heteroatoms. The normalized spacial score (nSPS) is 25.4. The summed E-state index contributed by atoms with van der Waals surface area (Å²) in [6.45, 7) is 2.42. The summed E-state index contributed by atoms with van der Waals surface area (Å²) in [5, 5.41) is 22.5. The Morgan fingerprint density at radius 2 is 1.93 bits per heavy atom. The van der Waals surface area contributed by atoms with Crippen LogP contribution in [0.2, 0.25) is 0 Å². The Balaban J connectivity index is 1.38. The average Bonchev–Trinajstić information content (AvgIpc) is 3.55. The molecule has 3 fully saturated rings. The highest BCUT2D eigenvalue weighted by atomic mass is 19.1. The van der Waals surface area contributed by atoms with E-state index in [1.54, 1.807) is 11.8 Å². The number of phenolic OH excluding ortho intramolecular Hbond substituents is 1. The second-order valence-corrected chi connectivity index (χ2v) is 12.7. The number of β-amino-alcohol motifs (C(OH)–C–C–N with tert-alkyl or cyclic N) is 1. The molecule has 1 unspecified atom stereocenters. The van der Waals surface area contributed by atoms with E-state index in [1.165, 1.54) is 30.5 Å². The molecule has 3 aliphatic heterocycles. The fraction of sp³-hybridized carbons (Fsp3) is 0.485. The fourth-order valence-corrected chi connectivity index (χ4v) is 7.60. The number of pyridine rings is 1. The first-order valence-electron chi connectivity index (χ1n) is 15.5. The van der Waals surface area contributed by atoms with Crippen molar-refractivity contribution in [2.24, 2.45) is 0 Å². The largest absolute Gasteiger partial charge is 0.508 e. The lowest BCUT2D eigenvalue weighted by Gasteiger charge is -2.38. The lowest BCUT2D eigenvalue weighted by Crippen LogP contribution is -2.50. The molecule has 2 N–H and O–H groups in total. The lowest BCUT2D eigenvalue weighted by molar-refractivity contribution is 0.00302. The van der Waals surface area contributed by atoms with E-state index < -0.39 is 35.6 Å². The van der Waals surface area contributed by atoms with E-state index in [0.717, 1.165) is 19.4 Å². The molecule has 3 atom stereocenters. The van der Waals surface area contributed by atoms with E-state index in [4.69, 9.17) is 4.74 Å². The van der Waals surface area contributed by atoms with Crippen molar-refractivity contribution in [2.45, 2.75) is 62.8 Å².